The van der Waals surface area contributed by atoms with Crippen LogP contribution in [0.3, 0.4) is 0 Å². The summed E-state index contributed by atoms with van der Waals surface area (Å²) in [6, 6.07) is 13.1. The second kappa shape index (κ2) is 7.59. The first-order valence-corrected chi connectivity index (χ1v) is 7.86. The molecule has 0 unspecified atom stereocenters. The number of nitrogens with two attached hydrogens (primary N) is 1. The smallest absolute Gasteiger partial charge is 0.248 e. The summed E-state index contributed by atoms with van der Waals surface area (Å²) in [6.45, 7) is 6.06. The monoisotopic (exact) mass is 322 g/mol. The molecule has 2 aromatic rings. The number of rotatable bonds is 5. The van der Waals surface area contributed by atoms with Gasteiger partial charge in [-0.05, 0) is 53.8 Å². The zero-order valence-corrected chi connectivity index (χ0v) is 14.2. The van der Waals surface area contributed by atoms with E-state index in [9.17, 15) is 9.59 Å². The van der Waals surface area contributed by atoms with Crippen molar-refractivity contribution in [2.45, 2.75) is 26.7 Å². The number of nitrogens with one attached hydrogen (secondary N) is 1. The molecule has 0 aliphatic carbocycles. The van der Waals surface area contributed by atoms with Gasteiger partial charge < -0.3 is 11.1 Å². The van der Waals surface area contributed by atoms with Crippen LogP contribution in [0.4, 0.5) is 5.69 Å². The Kier molecular flexibility index (Phi) is 5.53. The molecule has 0 aliphatic rings. The van der Waals surface area contributed by atoms with E-state index in [4.69, 9.17) is 5.73 Å². The molecule has 24 heavy (non-hydrogen) atoms. The summed E-state index contributed by atoms with van der Waals surface area (Å²) in [5.41, 5.74) is 9.31. The number of primary amides is 1. The molecule has 4 heteroatoms. The average molecular weight is 322 g/mol. The Bertz CT molecular complexity index is 775. The maximum absolute atomic E-state index is 12.0. The minimum absolute atomic E-state index is 0.228. The summed E-state index contributed by atoms with van der Waals surface area (Å²) in [6.07, 6.45) is 3.26. The number of amides is 2. The fourth-order valence-electron chi connectivity index (χ4n) is 2.37. The van der Waals surface area contributed by atoms with Gasteiger partial charge in [-0.15, -0.1) is 0 Å². The Morgan fingerprint density at radius 1 is 1.08 bits per heavy atom. The minimum Gasteiger partial charge on any atom is -0.366 e. The molecule has 2 aromatic carbocycles. The van der Waals surface area contributed by atoms with Gasteiger partial charge in [-0.25, -0.2) is 0 Å². The van der Waals surface area contributed by atoms with Gasteiger partial charge in [0, 0.05) is 17.3 Å². The highest BCUT2D eigenvalue weighted by molar-refractivity contribution is 6.02. The number of benzene rings is 2. The van der Waals surface area contributed by atoms with Crippen LogP contribution in [0.5, 0.6) is 0 Å². The lowest BCUT2D eigenvalue weighted by molar-refractivity contribution is -0.111. The second-order valence-corrected chi connectivity index (χ2v) is 6.04. The van der Waals surface area contributed by atoms with Crippen molar-refractivity contribution in [3.8, 4) is 0 Å². The van der Waals surface area contributed by atoms with Crippen LogP contribution in [0.1, 0.15) is 46.8 Å². The van der Waals surface area contributed by atoms with Crippen molar-refractivity contribution in [1.29, 1.82) is 0 Å². The largest absolute Gasteiger partial charge is 0.366 e. The van der Waals surface area contributed by atoms with E-state index >= 15 is 0 Å². The van der Waals surface area contributed by atoms with E-state index in [1.807, 2.05) is 12.1 Å². The molecule has 3 N–H and O–H groups in total. The summed E-state index contributed by atoms with van der Waals surface area (Å²) in [5.74, 6) is -0.220. The van der Waals surface area contributed by atoms with Crippen molar-refractivity contribution in [3.63, 3.8) is 0 Å². The lowest BCUT2D eigenvalue weighted by Gasteiger charge is -2.06. The Balaban J connectivity index is 2.02. The molecule has 2 rings (SSSR count). The highest BCUT2D eigenvalue weighted by atomic mass is 16.1. The first-order chi connectivity index (χ1) is 11.4. The van der Waals surface area contributed by atoms with Gasteiger partial charge in [0.25, 0.3) is 0 Å². The van der Waals surface area contributed by atoms with Crippen molar-refractivity contribution in [2.24, 2.45) is 5.73 Å². The van der Waals surface area contributed by atoms with Crippen LogP contribution in [0.15, 0.2) is 48.5 Å². The normalized spacial score (nSPS) is 11.0. The van der Waals surface area contributed by atoms with Crippen LogP contribution in [-0.2, 0) is 4.79 Å². The van der Waals surface area contributed by atoms with E-state index in [-0.39, 0.29) is 5.91 Å². The third-order valence-electron chi connectivity index (χ3n) is 3.79. The van der Waals surface area contributed by atoms with E-state index < -0.39 is 5.91 Å². The molecule has 0 atom stereocenters. The summed E-state index contributed by atoms with van der Waals surface area (Å²) in [7, 11) is 0. The molecule has 0 bridgehead atoms. The summed E-state index contributed by atoms with van der Waals surface area (Å²) < 4.78 is 0. The molecule has 0 fully saturated rings. The van der Waals surface area contributed by atoms with Gasteiger partial charge >= 0.3 is 0 Å². The molecule has 0 saturated carbocycles. The number of carbonyl (C=O) groups excluding carboxylic acids is 2. The standard InChI is InChI=1S/C20H22N2O2/c1-13(2)16-7-4-15(5-8-16)6-11-19(23)22-17-9-10-18(20(21)24)14(3)12-17/h4-13H,1-3H3,(H2,21,24)(H,22,23)/b11-6+. The van der Waals surface area contributed by atoms with Gasteiger partial charge in [0.15, 0.2) is 0 Å². The van der Waals surface area contributed by atoms with Crippen molar-refractivity contribution in [2.75, 3.05) is 5.32 Å². The van der Waals surface area contributed by atoms with Crippen LogP contribution in [0.25, 0.3) is 6.08 Å². The Morgan fingerprint density at radius 2 is 1.75 bits per heavy atom. The van der Waals surface area contributed by atoms with Crippen molar-refractivity contribution in [1.82, 2.24) is 0 Å². The molecule has 0 aliphatic heterocycles. The maximum atomic E-state index is 12.0. The maximum Gasteiger partial charge on any atom is 0.248 e. The van der Waals surface area contributed by atoms with Crippen molar-refractivity contribution >= 4 is 23.6 Å². The van der Waals surface area contributed by atoms with Gasteiger partial charge in [0.1, 0.15) is 0 Å². The zero-order valence-electron chi connectivity index (χ0n) is 14.2. The molecular formula is C20H22N2O2. The number of hydrogen-bond donors (Lipinski definition) is 2. The molecule has 4 nitrogen and oxygen atoms in total. The van der Waals surface area contributed by atoms with Crippen LogP contribution >= 0.6 is 0 Å². The van der Waals surface area contributed by atoms with E-state index in [0.717, 1.165) is 11.1 Å². The highest BCUT2D eigenvalue weighted by Gasteiger charge is 2.06. The summed E-state index contributed by atoms with van der Waals surface area (Å²) in [4.78, 5) is 23.2. The van der Waals surface area contributed by atoms with Crippen LogP contribution < -0.4 is 11.1 Å². The van der Waals surface area contributed by atoms with Gasteiger partial charge in [0.05, 0.1) is 0 Å². The first kappa shape index (κ1) is 17.5. The predicted octanol–water partition coefficient (Wildman–Crippen LogP) is 3.87. The van der Waals surface area contributed by atoms with Crippen LogP contribution in [0, 0.1) is 6.92 Å². The van der Waals surface area contributed by atoms with Crippen LogP contribution in [0.2, 0.25) is 0 Å². The van der Waals surface area contributed by atoms with Crippen molar-refractivity contribution < 1.29 is 9.59 Å². The molecule has 0 heterocycles. The minimum atomic E-state index is -0.477. The lowest BCUT2D eigenvalue weighted by atomic mass is 10.0. The SMILES string of the molecule is Cc1cc(NC(=O)/C=C/c2ccc(C(C)C)cc2)ccc1C(N)=O. The molecule has 0 radical (unpaired) electrons. The van der Waals surface area contributed by atoms with E-state index in [1.165, 1.54) is 11.6 Å². The second-order valence-electron chi connectivity index (χ2n) is 6.04. The topological polar surface area (TPSA) is 72.2 Å². The summed E-state index contributed by atoms with van der Waals surface area (Å²) in [5, 5.41) is 2.77. The third-order valence-corrected chi connectivity index (χ3v) is 3.79. The predicted molar refractivity (Wildman–Crippen MR) is 97.9 cm³/mol. The lowest BCUT2D eigenvalue weighted by Crippen LogP contribution is -2.13. The Morgan fingerprint density at radius 3 is 2.29 bits per heavy atom. The zero-order chi connectivity index (χ0) is 17.7. The fourth-order valence-corrected chi connectivity index (χ4v) is 2.37. The van der Waals surface area contributed by atoms with E-state index in [2.05, 4.69) is 31.3 Å². The fraction of sp³-hybridized carbons (Fsp3) is 0.200. The van der Waals surface area contributed by atoms with Gasteiger partial charge in [-0.2, -0.15) is 0 Å². The van der Waals surface area contributed by atoms with Crippen molar-refractivity contribution in [3.05, 3.63) is 70.8 Å². The molecule has 0 spiro atoms. The Labute approximate surface area is 142 Å². The number of carbonyl (C=O) groups is 2. The highest BCUT2D eigenvalue weighted by Crippen LogP contribution is 2.16. The van der Waals surface area contributed by atoms with Crippen LogP contribution in [-0.4, -0.2) is 11.8 Å². The summed E-state index contributed by atoms with van der Waals surface area (Å²) >= 11 is 0. The van der Waals surface area contributed by atoms with Gasteiger partial charge in [-0.3, -0.25) is 9.59 Å². The molecule has 0 saturated heterocycles. The first-order valence-electron chi connectivity index (χ1n) is 7.86. The quantitative estimate of drug-likeness (QED) is 0.820. The molecule has 124 valence electrons. The molecule has 0 aromatic heterocycles. The molecule has 2 amide bonds. The van der Waals surface area contributed by atoms with Gasteiger partial charge in [-0.1, -0.05) is 38.1 Å². The van der Waals surface area contributed by atoms with Gasteiger partial charge in [0.2, 0.25) is 11.8 Å². The molecular weight excluding hydrogens is 300 g/mol. The Hall–Kier alpha value is -2.88. The van der Waals surface area contributed by atoms with E-state index in [0.29, 0.717) is 17.2 Å². The third kappa shape index (κ3) is 4.56. The number of hydrogen-bond acceptors (Lipinski definition) is 2. The average Bonchev–Trinajstić information content (AvgIpc) is 2.53. The number of aryl methyl sites for hydroxylation is 1. The van der Waals surface area contributed by atoms with E-state index in [1.54, 1.807) is 31.2 Å². The number of anilines is 1.